The van der Waals surface area contributed by atoms with Gasteiger partial charge in [-0.2, -0.15) is 0 Å². The van der Waals surface area contributed by atoms with Gasteiger partial charge >= 0.3 is 0 Å². The molecule has 0 bridgehead atoms. The number of rotatable bonds is 3. The zero-order valence-electron chi connectivity index (χ0n) is 14.5. The summed E-state index contributed by atoms with van der Waals surface area (Å²) in [6, 6.07) is 4.83. The molecule has 1 fully saturated rings. The highest BCUT2D eigenvalue weighted by molar-refractivity contribution is 5.81. The van der Waals surface area contributed by atoms with Gasteiger partial charge < -0.3 is 4.90 Å². The summed E-state index contributed by atoms with van der Waals surface area (Å²) in [7, 11) is 0. The van der Waals surface area contributed by atoms with Crippen LogP contribution >= 0.6 is 0 Å². The maximum absolute atomic E-state index is 13.3. The number of hydrogen-bond acceptors (Lipinski definition) is 6. The van der Waals surface area contributed by atoms with E-state index in [9.17, 15) is 4.39 Å². The first-order valence-corrected chi connectivity index (χ1v) is 8.81. The highest BCUT2D eigenvalue weighted by Crippen LogP contribution is 2.27. The van der Waals surface area contributed by atoms with E-state index in [-0.39, 0.29) is 13.2 Å². The number of nitrogens with zero attached hydrogens (tertiary/aromatic N) is 7. The number of halogens is 1. The van der Waals surface area contributed by atoms with Gasteiger partial charge in [0.1, 0.15) is 17.5 Å². The number of fused-ring (bicyclic) bond motifs is 1. The van der Waals surface area contributed by atoms with Crippen LogP contribution in [0.4, 0.5) is 10.3 Å². The van der Waals surface area contributed by atoms with Crippen molar-refractivity contribution >= 4 is 17.0 Å². The molecule has 0 spiro atoms. The molecule has 0 radical (unpaired) electrons. The van der Waals surface area contributed by atoms with E-state index in [1.807, 2.05) is 10.6 Å². The van der Waals surface area contributed by atoms with Crippen LogP contribution in [0.1, 0.15) is 20.3 Å². The molecule has 0 aromatic carbocycles. The van der Waals surface area contributed by atoms with Crippen LogP contribution in [-0.4, -0.2) is 42.6 Å². The van der Waals surface area contributed by atoms with Gasteiger partial charge in [-0.05, 0) is 31.0 Å². The Hall–Kier alpha value is -3.42. The average molecular weight is 377 g/mol. The van der Waals surface area contributed by atoms with Crippen LogP contribution in [0.3, 0.4) is 0 Å². The van der Waals surface area contributed by atoms with Gasteiger partial charge in [-0.1, -0.05) is 7.43 Å². The first kappa shape index (κ1) is 18.0. The molecule has 1 saturated heterocycles. The topological polar surface area (TPSA) is 72.6 Å². The van der Waals surface area contributed by atoms with Crippen LogP contribution in [0.15, 0.2) is 49.2 Å². The molecule has 4 aromatic rings. The largest absolute Gasteiger partial charge is 0.341 e. The first-order valence-electron chi connectivity index (χ1n) is 8.81. The van der Waals surface area contributed by atoms with Gasteiger partial charge in [0.15, 0.2) is 0 Å². The van der Waals surface area contributed by atoms with Crippen LogP contribution in [0, 0.1) is 5.82 Å². The van der Waals surface area contributed by atoms with Crippen molar-refractivity contribution in [2.24, 2.45) is 0 Å². The average Bonchev–Trinajstić information content (AvgIpc) is 3.37. The molecule has 5 heterocycles. The highest BCUT2D eigenvalue weighted by Gasteiger charge is 2.18. The summed E-state index contributed by atoms with van der Waals surface area (Å²) in [5, 5.41) is 0. The molecule has 1 aliphatic rings. The molecule has 5 rings (SSSR count). The molecule has 4 aromatic heterocycles. The molecule has 28 heavy (non-hydrogen) atoms. The summed E-state index contributed by atoms with van der Waals surface area (Å²) in [6.45, 7) is 1.98. The number of anilines is 1. The predicted molar refractivity (Wildman–Crippen MR) is 106 cm³/mol. The molecule has 0 amide bonds. The molecule has 0 atom stereocenters. The lowest BCUT2D eigenvalue weighted by Gasteiger charge is -2.14. The quantitative estimate of drug-likeness (QED) is 0.543. The second-order valence-electron chi connectivity index (χ2n) is 6.44. The van der Waals surface area contributed by atoms with Crippen molar-refractivity contribution in [1.29, 1.82) is 0 Å². The predicted octanol–water partition coefficient (Wildman–Crippen LogP) is 3.65. The fraction of sp³-hybridized carbons (Fsp3) is 0.250. The Labute approximate surface area is 161 Å². The Morgan fingerprint density at radius 2 is 1.68 bits per heavy atom. The van der Waals surface area contributed by atoms with Crippen molar-refractivity contribution in [2.45, 2.75) is 20.3 Å². The minimum atomic E-state index is -0.388. The zero-order valence-corrected chi connectivity index (χ0v) is 14.5. The second kappa shape index (κ2) is 7.30. The minimum absolute atomic E-state index is 0. The van der Waals surface area contributed by atoms with Gasteiger partial charge in [0.25, 0.3) is 0 Å². The smallest absolute Gasteiger partial charge is 0.225 e. The van der Waals surface area contributed by atoms with E-state index < -0.39 is 0 Å². The summed E-state index contributed by atoms with van der Waals surface area (Å²) in [4.78, 5) is 24.3. The maximum atomic E-state index is 13.3. The molecular weight excluding hydrogens is 357 g/mol. The van der Waals surface area contributed by atoms with Crippen LogP contribution in [-0.2, 0) is 0 Å². The van der Waals surface area contributed by atoms with Gasteiger partial charge in [-0.3, -0.25) is 9.55 Å². The monoisotopic (exact) mass is 377 g/mol. The number of hydrogen-bond donors (Lipinski definition) is 0. The maximum Gasteiger partial charge on any atom is 0.225 e. The summed E-state index contributed by atoms with van der Waals surface area (Å²) in [6.07, 6.45) is 10.5. The van der Waals surface area contributed by atoms with E-state index in [0.717, 1.165) is 35.6 Å². The van der Waals surface area contributed by atoms with Crippen molar-refractivity contribution in [1.82, 2.24) is 29.5 Å². The molecule has 0 aliphatic carbocycles. The zero-order chi connectivity index (χ0) is 18.2. The van der Waals surface area contributed by atoms with E-state index in [2.05, 4.69) is 24.8 Å². The number of pyridine rings is 2. The fourth-order valence-corrected chi connectivity index (χ4v) is 3.37. The Kier molecular flexibility index (Phi) is 4.68. The Morgan fingerprint density at radius 3 is 2.39 bits per heavy atom. The second-order valence-corrected chi connectivity index (χ2v) is 6.44. The van der Waals surface area contributed by atoms with Gasteiger partial charge in [0, 0.05) is 31.7 Å². The Bertz CT molecular complexity index is 1080. The van der Waals surface area contributed by atoms with E-state index in [4.69, 9.17) is 4.98 Å². The van der Waals surface area contributed by atoms with Crippen molar-refractivity contribution in [3.8, 4) is 17.2 Å². The van der Waals surface area contributed by atoms with E-state index in [1.54, 1.807) is 30.9 Å². The number of aromatic nitrogens is 6. The van der Waals surface area contributed by atoms with Crippen LogP contribution in [0.25, 0.3) is 28.2 Å². The van der Waals surface area contributed by atoms with Gasteiger partial charge in [-0.25, -0.2) is 24.3 Å². The Balaban J connectivity index is 0.00000192. The summed E-state index contributed by atoms with van der Waals surface area (Å²) in [5.41, 5.74) is 2.32. The molecule has 142 valence electrons. The van der Waals surface area contributed by atoms with Gasteiger partial charge in [-0.15, -0.1) is 0 Å². The van der Waals surface area contributed by atoms with Crippen molar-refractivity contribution in [3.05, 3.63) is 55.0 Å². The highest BCUT2D eigenvalue weighted by atomic mass is 19.1. The summed E-state index contributed by atoms with van der Waals surface area (Å²) < 4.78 is 15.2. The summed E-state index contributed by atoms with van der Waals surface area (Å²) in [5.74, 6) is 1.55. The van der Waals surface area contributed by atoms with Crippen LogP contribution in [0.2, 0.25) is 0 Å². The fourth-order valence-electron chi connectivity index (χ4n) is 3.37. The van der Waals surface area contributed by atoms with E-state index in [0.29, 0.717) is 11.6 Å². The van der Waals surface area contributed by atoms with Crippen molar-refractivity contribution < 1.29 is 4.39 Å². The van der Waals surface area contributed by atoms with Gasteiger partial charge in [0.05, 0.1) is 29.0 Å². The minimum Gasteiger partial charge on any atom is -0.341 e. The normalized spacial score (nSPS) is 13.7. The lowest BCUT2D eigenvalue weighted by Crippen LogP contribution is -2.20. The summed E-state index contributed by atoms with van der Waals surface area (Å²) >= 11 is 0. The first-order chi connectivity index (χ1) is 13.3. The molecule has 7 nitrogen and oxygen atoms in total. The lowest BCUT2D eigenvalue weighted by atomic mass is 10.3. The molecule has 0 saturated carbocycles. The molecule has 8 heteroatoms. The molecule has 0 N–H and O–H groups in total. The third-order valence-corrected chi connectivity index (χ3v) is 4.68. The molecule has 0 unspecified atom stereocenters. The molecular formula is C20H20FN7. The van der Waals surface area contributed by atoms with Crippen LogP contribution in [0.5, 0.6) is 0 Å². The van der Waals surface area contributed by atoms with E-state index in [1.165, 1.54) is 25.1 Å². The van der Waals surface area contributed by atoms with Crippen molar-refractivity contribution in [2.75, 3.05) is 18.0 Å². The standard InChI is InChI=1S/C19H16FN7.CH4/c20-14-3-4-17(22-11-14)27-16-12-21-6-5-15(16)25-18(27)13-9-23-19(24-10-13)26-7-1-2-8-26;/h3-6,9-12H,1-2,7-8H2;1H4. The van der Waals surface area contributed by atoms with E-state index >= 15 is 0 Å². The third-order valence-electron chi connectivity index (χ3n) is 4.68. The van der Waals surface area contributed by atoms with Gasteiger partial charge in [0.2, 0.25) is 5.95 Å². The molecule has 1 aliphatic heterocycles. The Morgan fingerprint density at radius 1 is 0.893 bits per heavy atom. The number of imidazole rings is 1. The van der Waals surface area contributed by atoms with Crippen LogP contribution < -0.4 is 4.90 Å². The SMILES string of the molecule is C.Fc1ccc(-n2c(-c3cnc(N4CCCC4)nc3)nc3ccncc32)nc1. The third kappa shape index (κ3) is 3.06. The van der Waals surface area contributed by atoms with Crippen molar-refractivity contribution in [3.63, 3.8) is 0 Å². The lowest BCUT2D eigenvalue weighted by molar-refractivity contribution is 0.620.